The molecule has 2 nitrogen and oxygen atoms in total. The first kappa shape index (κ1) is 9.18. The summed E-state index contributed by atoms with van der Waals surface area (Å²) >= 11 is 3.09. The minimum absolute atomic E-state index is 0.244. The van der Waals surface area contributed by atoms with Crippen molar-refractivity contribution in [3.05, 3.63) is 60.8 Å². The smallest absolute Gasteiger partial charge is 0.0714 e. The van der Waals surface area contributed by atoms with Crippen LogP contribution in [0, 0.1) is 0 Å². The van der Waals surface area contributed by atoms with Crippen molar-refractivity contribution in [2.24, 2.45) is 0 Å². The van der Waals surface area contributed by atoms with Crippen molar-refractivity contribution in [1.82, 2.24) is 9.97 Å². The predicted molar refractivity (Wildman–Crippen MR) is 91.7 cm³/mol. The number of aromatic nitrogens is 2. The number of nitrogens with zero attached hydrogens (tertiary/aromatic N) is 2. The first-order chi connectivity index (χ1) is 12.5. The van der Waals surface area contributed by atoms with E-state index in [1.807, 2.05) is 0 Å². The third kappa shape index (κ3) is 1.77. The van der Waals surface area contributed by atoms with Crippen LogP contribution in [0.2, 0.25) is 0 Å². The number of rotatable bonds is 0. The standard InChI is InChI=1S/C18H10N2S2/c1-3-7-13-11(5-1)17-15(9-19-13)21-16-10-20-14-8-4-2-6-12(14)18(16)22-17/h1-10H/i1D,2D,7D,8D. The molecule has 0 saturated heterocycles. The van der Waals surface area contributed by atoms with Gasteiger partial charge < -0.3 is 0 Å². The molecule has 0 saturated carbocycles. The highest BCUT2D eigenvalue weighted by Gasteiger charge is 2.22. The lowest BCUT2D eigenvalue weighted by atomic mass is 10.2. The van der Waals surface area contributed by atoms with Gasteiger partial charge in [-0.3, -0.25) is 9.97 Å². The number of fused-ring (bicyclic) bond motifs is 6. The van der Waals surface area contributed by atoms with E-state index in [-0.39, 0.29) is 24.2 Å². The van der Waals surface area contributed by atoms with Crippen molar-refractivity contribution in [3.63, 3.8) is 0 Å². The molecule has 0 spiro atoms. The number of hydrogen-bond donors (Lipinski definition) is 0. The van der Waals surface area contributed by atoms with Gasteiger partial charge in [-0.05, 0) is 12.1 Å². The average Bonchev–Trinajstić information content (AvgIpc) is 2.59. The minimum atomic E-state index is 0.244. The topological polar surface area (TPSA) is 25.8 Å². The molecule has 0 bridgehead atoms. The van der Waals surface area contributed by atoms with Gasteiger partial charge in [-0.2, -0.15) is 0 Å². The van der Waals surface area contributed by atoms with E-state index in [0.717, 1.165) is 30.4 Å². The highest BCUT2D eigenvalue weighted by molar-refractivity contribution is 8.05. The van der Waals surface area contributed by atoms with Crippen LogP contribution in [-0.2, 0) is 0 Å². The molecule has 5 rings (SSSR count). The zero-order valence-electron chi connectivity index (χ0n) is 15.2. The number of para-hydroxylation sites is 2. The molecule has 0 N–H and O–H groups in total. The van der Waals surface area contributed by atoms with Crippen molar-refractivity contribution in [1.29, 1.82) is 0 Å². The van der Waals surface area contributed by atoms with E-state index >= 15 is 0 Å². The van der Waals surface area contributed by atoms with Crippen LogP contribution >= 0.6 is 23.5 Å². The second-order valence-corrected chi connectivity index (χ2v) is 6.94. The Hall–Kier alpha value is -2.04. The van der Waals surface area contributed by atoms with E-state index in [2.05, 4.69) is 9.97 Å². The molecule has 0 radical (unpaired) electrons. The summed E-state index contributed by atoms with van der Waals surface area (Å²) in [7, 11) is 0. The lowest BCUT2D eigenvalue weighted by Crippen LogP contribution is -1.94. The van der Waals surface area contributed by atoms with Gasteiger partial charge in [0.25, 0.3) is 0 Å². The van der Waals surface area contributed by atoms with Crippen LogP contribution in [0.4, 0.5) is 0 Å². The molecule has 1 aliphatic heterocycles. The number of hydrogen-bond acceptors (Lipinski definition) is 4. The maximum atomic E-state index is 8.10. The Morgan fingerprint density at radius 3 is 1.86 bits per heavy atom. The van der Waals surface area contributed by atoms with Gasteiger partial charge in [0, 0.05) is 42.7 Å². The zero-order valence-corrected chi connectivity index (χ0v) is 12.8. The van der Waals surface area contributed by atoms with Crippen molar-refractivity contribution in [3.8, 4) is 0 Å². The largest absolute Gasteiger partial charge is 0.255 e. The third-order valence-electron chi connectivity index (χ3n) is 3.53. The summed E-state index contributed by atoms with van der Waals surface area (Å²) in [5.41, 5.74) is 1.16. The van der Waals surface area contributed by atoms with Gasteiger partial charge in [0.05, 0.1) is 16.5 Å². The maximum absolute atomic E-state index is 8.10. The van der Waals surface area contributed by atoms with E-state index in [0.29, 0.717) is 11.0 Å². The molecule has 104 valence electrons. The van der Waals surface area contributed by atoms with Crippen molar-refractivity contribution < 1.29 is 5.48 Å². The summed E-state index contributed by atoms with van der Waals surface area (Å²) < 4.78 is 32.1. The second kappa shape index (κ2) is 4.73. The molecular formula is C18H10N2S2. The molecule has 3 heterocycles. The summed E-state index contributed by atoms with van der Waals surface area (Å²) in [6, 6.07) is 7.54. The van der Waals surface area contributed by atoms with Gasteiger partial charge in [-0.1, -0.05) is 59.9 Å². The van der Waals surface area contributed by atoms with Gasteiger partial charge in [0.2, 0.25) is 0 Å². The van der Waals surface area contributed by atoms with E-state index in [1.165, 1.54) is 12.1 Å². The molecule has 0 unspecified atom stereocenters. The third-order valence-corrected chi connectivity index (χ3v) is 6.14. The Morgan fingerprint density at radius 1 is 0.773 bits per heavy atom. The second-order valence-electron chi connectivity index (χ2n) is 4.83. The fraction of sp³-hybridized carbons (Fsp3) is 0. The van der Waals surface area contributed by atoms with Crippen molar-refractivity contribution in [2.75, 3.05) is 0 Å². The lowest BCUT2D eigenvalue weighted by Gasteiger charge is -2.20. The quantitative estimate of drug-likeness (QED) is 0.381. The van der Waals surface area contributed by atoms with Gasteiger partial charge in [0.1, 0.15) is 0 Å². The lowest BCUT2D eigenvalue weighted by molar-refractivity contribution is 1.13. The molecule has 2 aromatic carbocycles. The summed E-state index contributed by atoms with van der Waals surface area (Å²) in [4.78, 5) is 12.7. The van der Waals surface area contributed by atoms with E-state index in [1.54, 1.807) is 48.1 Å². The Labute approximate surface area is 141 Å². The Balaban J connectivity index is 1.81. The molecule has 1 aliphatic rings. The molecule has 0 aliphatic carbocycles. The van der Waals surface area contributed by atoms with Crippen LogP contribution < -0.4 is 0 Å². The van der Waals surface area contributed by atoms with Crippen LogP contribution in [0.1, 0.15) is 5.48 Å². The molecule has 0 fully saturated rings. The van der Waals surface area contributed by atoms with Gasteiger partial charge in [0.15, 0.2) is 0 Å². The molecule has 0 amide bonds. The number of pyridine rings is 2. The van der Waals surface area contributed by atoms with Crippen molar-refractivity contribution >= 4 is 45.3 Å². The average molecular weight is 322 g/mol. The molecule has 0 atom stereocenters. The number of benzene rings is 2. The summed E-state index contributed by atoms with van der Waals surface area (Å²) in [6.45, 7) is 0. The van der Waals surface area contributed by atoms with Gasteiger partial charge >= 0.3 is 0 Å². The zero-order chi connectivity index (χ0) is 18.0. The van der Waals surface area contributed by atoms with Crippen LogP contribution in [0.15, 0.2) is 80.4 Å². The van der Waals surface area contributed by atoms with E-state index in [4.69, 9.17) is 5.48 Å². The normalized spacial score (nSPS) is 15.6. The molecule has 4 aromatic rings. The highest BCUT2D eigenvalue weighted by Crippen LogP contribution is 2.52. The summed E-state index contributed by atoms with van der Waals surface area (Å²) in [5, 5.41) is 1.59. The maximum Gasteiger partial charge on any atom is 0.0714 e. The SMILES string of the molecule is [2H]c1cc([2H])c2ncc3c(c2c1)Sc1c(cnc2c([2H])cc([2H])cc12)S3. The van der Waals surface area contributed by atoms with Crippen LogP contribution in [0.5, 0.6) is 0 Å². The molecule has 2 aromatic heterocycles. The van der Waals surface area contributed by atoms with Crippen LogP contribution in [-0.4, -0.2) is 9.97 Å². The fourth-order valence-electron chi connectivity index (χ4n) is 2.53. The molecule has 22 heavy (non-hydrogen) atoms. The first-order valence-corrected chi connectivity index (χ1v) is 8.30. The van der Waals surface area contributed by atoms with E-state index < -0.39 is 0 Å². The predicted octanol–water partition coefficient (Wildman–Crippen LogP) is 5.40. The van der Waals surface area contributed by atoms with Gasteiger partial charge in [-0.25, -0.2) is 0 Å². The first-order valence-electron chi connectivity index (χ1n) is 8.67. The van der Waals surface area contributed by atoms with Gasteiger partial charge in [-0.15, -0.1) is 0 Å². The minimum Gasteiger partial charge on any atom is -0.255 e. The fourth-order valence-corrected chi connectivity index (χ4v) is 4.92. The Bertz CT molecular complexity index is 1150. The van der Waals surface area contributed by atoms with Crippen LogP contribution in [0.25, 0.3) is 21.8 Å². The monoisotopic (exact) mass is 322 g/mol. The Morgan fingerprint density at radius 2 is 1.32 bits per heavy atom. The Kier molecular flexibility index (Phi) is 1.97. The van der Waals surface area contributed by atoms with Crippen molar-refractivity contribution in [2.45, 2.75) is 19.6 Å². The summed E-state index contributed by atoms with van der Waals surface area (Å²) in [5.74, 6) is 0. The summed E-state index contributed by atoms with van der Waals surface area (Å²) in [6.07, 6.45) is 3.53. The molecular weight excluding hydrogens is 308 g/mol. The highest BCUT2D eigenvalue weighted by atomic mass is 32.2. The van der Waals surface area contributed by atoms with Crippen LogP contribution in [0.3, 0.4) is 0 Å². The van der Waals surface area contributed by atoms with E-state index in [9.17, 15) is 0 Å². The molecule has 4 heteroatoms.